The standard InChI is InChI=1S/C46H50O8S/c1-33-43(49-29-35-19-9-3-10-20-35)39(27-41(52-33)55-38-25-15-6-16-26-38)53-46-42(47)45(51-31-37-23-13-5-14-24-37)44(50-30-36-21-11-4-12-22-36)40(54-46)32-48-28-34-17-7-2-8-18-34/h2-26,33,39-47H,27-32H2,1H3/t33-,39-,40-,41+,42+,43-,44-,45-,46-/m1/s1. The molecule has 2 saturated heterocycles. The Morgan fingerprint density at radius 1 is 0.564 bits per heavy atom. The Bertz CT molecular complexity index is 1800. The highest BCUT2D eigenvalue weighted by atomic mass is 32.2. The molecule has 55 heavy (non-hydrogen) atoms. The molecule has 1 N–H and O–H groups in total. The van der Waals surface area contributed by atoms with Crippen molar-refractivity contribution in [1.82, 2.24) is 0 Å². The van der Waals surface area contributed by atoms with Crippen molar-refractivity contribution in [2.45, 2.75) is 99.1 Å². The summed E-state index contributed by atoms with van der Waals surface area (Å²) in [5, 5.41) is 12.2. The maximum atomic E-state index is 12.2. The van der Waals surface area contributed by atoms with Crippen LogP contribution >= 0.6 is 11.8 Å². The topological polar surface area (TPSA) is 84.8 Å². The van der Waals surface area contributed by atoms with Gasteiger partial charge in [-0.15, -0.1) is 0 Å². The van der Waals surface area contributed by atoms with E-state index in [0.717, 1.165) is 27.1 Å². The number of thioether (sulfide) groups is 1. The predicted octanol–water partition coefficient (Wildman–Crippen LogP) is 8.36. The van der Waals surface area contributed by atoms with Crippen LogP contribution in [0.15, 0.2) is 157 Å². The maximum absolute atomic E-state index is 12.2. The summed E-state index contributed by atoms with van der Waals surface area (Å²) in [6.45, 7) is 3.56. The van der Waals surface area contributed by atoms with Gasteiger partial charge in [-0.3, -0.25) is 0 Å². The Balaban J connectivity index is 1.15. The highest BCUT2D eigenvalue weighted by molar-refractivity contribution is 7.99. The zero-order valence-electron chi connectivity index (χ0n) is 31.1. The van der Waals surface area contributed by atoms with Crippen LogP contribution < -0.4 is 0 Å². The van der Waals surface area contributed by atoms with Crippen LogP contribution in [0, 0.1) is 0 Å². The van der Waals surface area contributed by atoms with Crippen molar-refractivity contribution in [3.63, 3.8) is 0 Å². The van der Waals surface area contributed by atoms with Crippen molar-refractivity contribution in [3.8, 4) is 0 Å². The molecule has 0 amide bonds. The number of benzene rings is 5. The van der Waals surface area contributed by atoms with Crippen molar-refractivity contribution in [2.24, 2.45) is 0 Å². The lowest BCUT2D eigenvalue weighted by Gasteiger charge is -2.47. The van der Waals surface area contributed by atoms with Crippen LogP contribution in [0.4, 0.5) is 0 Å². The number of aliphatic hydroxyl groups excluding tert-OH is 1. The second-order valence-corrected chi connectivity index (χ2v) is 15.2. The quantitative estimate of drug-likeness (QED) is 0.101. The average Bonchev–Trinajstić information content (AvgIpc) is 3.22. The normalized spacial score (nSPS) is 26.8. The number of ether oxygens (including phenoxy) is 7. The van der Waals surface area contributed by atoms with E-state index in [1.807, 2.05) is 146 Å². The largest absolute Gasteiger partial charge is 0.385 e. The van der Waals surface area contributed by atoms with Gasteiger partial charge in [-0.05, 0) is 41.3 Å². The van der Waals surface area contributed by atoms with Gasteiger partial charge < -0.3 is 38.3 Å². The molecular formula is C46H50O8S. The van der Waals surface area contributed by atoms with E-state index in [9.17, 15) is 5.11 Å². The van der Waals surface area contributed by atoms with Crippen molar-refractivity contribution in [2.75, 3.05) is 6.61 Å². The second-order valence-electron chi connectivity index (χ2n) is 13.9. The number of hydrogen-bond donors (Lipinski definition) is 1. The first kappa shape index (κ1) is 39.4. The van der Waals surface area contributed by atoms with Gasteiger partial charge in [0.1, 0.15) is 36.0 Å². The summed E-state index contributed by atoms with van der Waals surface area (Å²) in [5.41, 5.74) is 3.85. The van der Waals surface area contributed by atoms with Crippen molar-refractivity contribution in [3.05, 3.63) is 174 Å². The van der Waals surface area contributed by atoms with E-state index in [1.54, 1.807) is 11.8 Å². The average molecular weight is 763 g/mol. The minimum absolute atomic E-state index is 0.191. The zero-order chi connectivity index (χ0) is 37.7. The van der Waals surface area contributed by atoms with Crippen LogP contribution in [-0.2, 0) is 59.6 Å². The number of aliphatic hydroxyl groups is 1. The lowest BCUT2D eigenvalue weighted by Crippen LogP contribution is -2.62. The Morgan fingerprint density at radius 2 is 1.02 bits per heavy atom. The van der Waals surface area contributed by atoms with Crippen LogP contribution in [0.3, 0.4) is 0 Å². The third-order valence-electron chi connectivity index (χ3n) is 9.80. The van der Waals surface area contributed by atoms with Crippen LogP contribution in [0.25, 0.3) is 0 Å². The molecule has 0 aromatic heterocycles. The molecule has 7 rings (SSSR count). The van der Waals surface area contributed by atoms with Crippen molar-refractivity contribution in [1.29, 1.82) is 0 Å². The van der Waals surface area contributed by atoms with Gasteiger partial charge in [0.05, 0.1) is 45.2 Å². The summed E-state index contributed by atoms with van der Waals surface area (Å²) in [7, 11) is 0. The fourth-order valence-electron chi connectivity index (χ4n) is 6.97. The van der Waals surface area contributed by atoms with Gasteiger partial charge in [-0.25, -0.2) is 0 Å². The zero-order valence-corrected chi connectivity index (χ0v) is 31.9. The predicted molar refractivity (Wildman–Crippen MR) is 212 cm³/mol. The van der Waals surface area contributed by atoms with E-state index in [2.05, 4.69) is 12.1 Å². The van der Waals surface area contributed by atoms with E-state index in [-0.39, 0.29) is 24.8 Å². The molecule has 9 atom stereocenters. The van der Waals surface area contributed by atoms with Crippen molar-refractivity contribution < 1.29 is 38.3 Å². The molecule has 2 aliphatic heterocycles. The first-order valence-corrected chi connectivity index (χ1v) is 19.9. The Labute approximate surface area is 328 Å². The highest BCUT2D eigenvalue weighted by Crippen LogP contribution is 2.38. The Morgan fingerprint density at radius 3 is 1.55 bits per heavy atom. The first-order chi connectivity index (χ1) is 27.1. The van der Waals surface area contributed by atoms with Gasteiger partial charge in [0.15, 0.2) is 6.29 Å². The molecule has 5 aromatic carbocycles. The van der Waals surface area contributed by atoms with Gasteiger partial charge in [-0.2, -0.15) is 0 Å². The molecule has 0 bridgehead atoms. The molecule has 0 saturated carbocycles. The summed E-state index contributed by atoms with van der Waals surface area (Å²) < 4.78 is 46.2. The van der Waals surface area contributed by atoms with Gasteiger partial charge in [0.25, 0.3) is 0 Å². The fraction of sp³-hybridized carbons (Fsp3) is 0.348. The van der Waals surface area contributed by atoms with Crippen LogP contribution in [0.1, 0.15) is 35.6 Å². The molecule has 2 heterocycles. The Kier molecular flexibility index (Phi) is 14.6. The summed E-state index contributed by atoms with van der Waals surface area (Å²) in [6.07, 6.45) is -5.07. The van der Waals surface area contributed by atoms with Crippen LogP contribution in [-0.4, -0.2) is 66.2 Å². The second kappa shape index (κ2) is 20.3. The maximum Gasteiger partial charge on any atom is 0.187 e. The fourth-order valence-corrected chi connectivity index (χ4v) is 8.11. The molecule has 5 aromatic rings. The lowest BCUT2D eigenvalue weighted by atomic mass is 9.97. The van der Waals surface area contributed by atoms with E-state index in [4.69, 9.17) is 33.2 Å². The summed E-state index contributed by atoms with van der Waals surface area (Å²) in [4.78, 5) is 1.10. The van der Waals surface area contributed by atoms with E-state index in [0.29, 0.717) is 26.2 Å². The molecule has 0 radical (unpaired) electrons. The van der Waals surface area contributed by atoms with Gasteiger partial charge >= 0.3 is 0 Å². The summed E-state index contributed by atoms with van der Waals surface area (Å²) in [5.74, 6) is 0. The smallest absolute Gasteiger partial charge is 0.187 e. The van der Waals surface area contributed by atoms with Crippen molar-refractivity contribution >= 4 is 11.8 Å². The first-order valence-electron chi connectivity index (χ1n) is 19.0. The third-order valence-corrected chi connectivity index (χ3v) is 10.9. The Hall–Kier alpha value is -3.87. The molecule has 288 valence electrons. The molecule has 9 heteroatoms. The van der Waals surface area contributed by atoms with E-state index >= 15 is 0 Å². The summed E-state index contributed by atoms with van der Waals surface area (Å²) >= 11 is 1.65. The monoisotopic (exact) mass is 762 g/mol. The molecule has 2 aliphatic rings. The summed E-state index contributed by atoms with van der Waals surface area (Å²) in [6, 6.07) is 50.1. The molecule has 0 unspecified atom stereocenters. The molecular weight excluding hydrogens is 713 g/mol. The van der Waals surface area contributed by atoms with E-state index in [1.165, 1.54) is 0 Å². The molecule has 0 aliphatic carbocycles. The van der Waals surface area contributed by atoms with E-state index < -0.39 is 42.9 Å². The number of hydrogen-bond acceptors (Lipinski definition) is 9. The van der Waals surface area contributed by atoms with Gasteiger partial charge in [-0.1, -0.05) is 151 Å². The third kappa shape index (κ3) is 11.4. The minimum atomic E-state index is -1.19. The number of rotatable bonds is 17. The minimum Gasteiger partial charge on any atom is -0.385 e. The van der Waals surface area contributed by atoms with Gasteiger partial charge in [0, 0.05) is 11.3 Å². The molecule has 2 fully saturated rings. The van der Waals surface area contributed by atoms with Crippen LogP contribution in [0.5, 0.6) is 0 Å². The van der Waals surface area contributed by atoms with Gasteiger partial charge in [0.2, 0.25) is 0 Å². The SMILES string of the molecule is C[C@H]1O[C@@H](Sc2ccccc2)C[C@@H](O[C@@H]2O[C@H](COCc3ccccc3)[C@@H](OCc3ccccc3)[C@H](OCc3ccccc3)[C@@H]2O)[C@@H]1OCc1ccccc1. The molecule has 0 spiro atoms. The molecule has 8 nitrogen and oxygen atoms in total. The van der Waals surface area contributed by atoms with Crippen LogP contribution in [0.2, 0.25) is 0 Å². The lowest BCUT2D eigenvalue weighted by molar-refractivity contribution is -0.340. The highest BCUT2D eigenvalue weighted by Gasteiger charge is 2.50.